The molecule has 10 heteroatoms. The predicted octanol–water partition coefficient (Wildman–Crippen LogP) is 3.37. The fourth-order valence-electron chi connectivity index (χ4n) is 3.97. The number of nitrogens with zero attached hydrogens (tertiary/aromatic N) is 3. The first-order chi connectivity index (χ1) is 16.1. The molecule has 0 unspecified atom stereocenters. The van der Waals surface area contributed by atoms with Gasteiger partial charge < -0.3 is 29.5 Å². The molecule has 1 aromatic carbocycles. The number of urea groups is 1. The highest BCUT2D eigenvalue weighted by molar-refractivity contribution is 6.02. The van der Waals surface area contributed by atoms with Gasteiger partial charge in [-0.05, 0) is 45.9 Å². The maximum atomic E-state index is 13.2. The summed E-state index contributed by atoms with van der Waals surface area (Å²) >= 11 is 0. The number of methoxy groups -OCH3 is 1. The zero-order valence-corrected chi connectivity index (χ0v) is 21.0. The first kappa shape index (κ1) is 25.5. The molecule has 3 atom stereocenters. The number of anilines is 2. The van der Waals surface area contributed by atoms with Gasteiger partial charge in [-0.15, -0.1) is 0 Å². The maximum Gasteiger partial charge on any atom is 0.323 e. The van der Waals surface area contributed by atoms with Crippen molar-refractivity contribution in [3.8, 4) is 5.75 Å². The van der Waals surface area contributed by atoms with Crippen LogP contribution in [0.2, 0.25) is 0 Å². The second-order valence-corrected chi connectivity index (χ2v) is 9.03. The highest BCUT2D eigenvalue weighted by Crippen LogP contribution is 2.27. The topological polar surface area (TPSA) is 109 Å². The van der Waals surface area contributed by atoms with Crippen molar-refractivity contribution in [1.29, 1.82) is 0 Å². The van der Waals surface area contributed by atoms with Crippen molar-refractivity contribution in [2.45, 2.75) is 39.8 Å². The molecule has 186 valence electrons. The third-order valence-corrected chi connectivity index (χ3v) is 6.29. The molecule has 3 amide bonds. The summed E-state index contributed by atoms with van der Waals surface area (Å²) in [7, 11) is 5.49. The number of carbonyl (C=O) groups is 2. The molecule has 34 heavy (non-hydrogen) atoms. The molecule has 1 aliphatic heterocycles. The Bertz CT molecular complexity index is 1000. The lowest BCUT2D eigenvalue weighted by Crippen LogP contribution is -2.45. The van der Waals surface area contributed by atoms with Gasteiger partial charge in [0.25, 0.3) is 5.91 Å². The smallest absolute Gasteiger partial charge is 0.323 e. The molecule has 0 bridgehead atoms. The Balaban J connectivity index is 1.85. The molecule has 0 fully saturated rings. The number of likely N-dealkylation sites (N-methyl/N-ethyl adjacent to an activating group) is 2. The Morgan fingerprint density at radius 1 is 1.18 bits per heavy atom. The van der Waals surface area contributed by atoms with Gasteiger partial charge in [0.1, 0.15) is 23.7 Å². The third-order valence-electron chi connectivity index (χ3n) is 6.29. The summed E-state index contributed by atoms with van der Waals surface area (Å²) in [6.45, 7) is 9.32. The lowest BCUT2D eigenvalue weighted by Gasteiger charge is -2.34. The number of nitrogens with one attached hydrogen (secondary N) is 2. The minimum absolute atomic E-state index is 0.0960. The molecule has 10 nitrogen and oxygen atoms in total. The van der Waals surface area contributed by atoms with Crippen LogP contribution in [0.5, 0.6) is 5.75 Å². The van der Waals surface area contributed by atoms with Gasteiger partial charge >= 0.3 is 6.03 Å². The summed E-state index contributed by atoms with van der Waals surface area (Å²) in [6.07, 6.45) is -0.0960. The number of carbonyl (C=O) groups excluding carboxylic acids is 2. The van der Waals surface area contributed by atoms with Crippen LogP contribution in [0.15, 0.2) is 22.7 Å². The van der Waals surface area contributed by atoms with Gasteiger partial charge in [-0.25, -0.2) is 4.79 Å². The second kappa shape index (κ2) is 10.9. The molecular weight excluding hydrogens is 438 g/mol. The zero-order valence-electron chi connectivity index (χ0n) is 21.0. The fourth-order valence-corrected chi connectivity index (χ4v) is 3.97. The minimum atomic E-state index is -0.448. The highest BCUT2D eigenvalue weighted by atomic mass is 16.5. The number of hydrogen-bond acceptors (Lipinski definition) is 7. The predicted molar refractivity (Wildman–Crippen MR) is 130 cm³/mol. The molecule has 2 N–H and O–H groups in total. The first-order valence-corrected chi connectivity index (χ1v) is 11.4. The summed E-state index contributed by atoms with van der Waals surface area (Å²) in [6, 6.07) is 4.68. The van der Waals surface area contributed by atoms with Crippen LogP contribution in [0.1, 0.15) is 35.7 Å². The summed E-state index contributed by atoms with van der Waals surface area (Å²) in [5.74, 6) is 0.991. The van der Waals surface area contributed by atoms with Crippen molar-refractivity contribution in [3.63, 3.8) is 0 Å². The van der Waals surface area contributed by atoms with E-state index in [0.29, 0.717) is 47.3 Å². The van der Waals surface area contributed by atoms with E-state index < -0.39 is 6.03 Å². The van der Waals surface area contributed by atoms with Crippen LogP contribution in [-0.2, 0) is 4.74 Å². The van der Waals surface area contributed by atoms with Gasteiger partial charge in [-0.1, -0.05) is 12.1 Å². The fraction of sp³-hybridized carbons (Fsp3) is 0.542. The zero-order chi connectivity index (χ0) is 25.0. The van der Waals surface area contributed by atoms with Crippen LogP contribution in [-0.4, -0.2) is 79.9 Å². The molecule has 2 heterocycles. The highest BCUT2D eigenvalue weighted by Gasteiger charge is 2.27. The van der Waals surface area contributed by atoms with Gasteiger partial charge in [0.15, 0.2) is 5.76 Å². The lowest BCUT2D eigenvalue weighted by atomic mass is 10.0. The van der Waals surface area contributed by atoms with E-state index in [1.165, 1.54) is 0 Å². The SMILES string of the molecule is CO[C@@H]1CN(C)C(=O)c2ccc(NC(=O)Nc3c(C)noc3C)cc2OC[C@H](C)N(C)C[C@H]1C. The van der Waals surface area contributed by atoms with Gasteiger partial charge in [0.2, 0.25) is 0 Å². The van der Waals surface area contributed by atoms with Gasteiger partial charge in [-0.3, -0.25) is 9.69 Å². The number of aryl methyl sites for hydroxylation is 2. The van der Waals surface area contributed by atoms with E-state index in [9.17, 15) is 9.59 Å². The minimum Gasteiger partial charge on any atom is -0.491 e. The molecule has 0 aliphatic carbocycles. The molecule has 0 spiro atoms. The van der Waals surface area contributed by atoms with Crippen LogP contribution in [0.4, 0.5) is 16.2 Å². The van der Waals surface area contributed by atoms with Crippen LogP contribution < -0.4 is 15.4 Å². The van der Waals surface area contributed by atoms with E-state index in [4.69, 9.17) is 14.0 Å². The van der Waals surface area contributed by atoms with Crippen LogP contribution >= 0.6 is 0 Å². The molecule has 0 radical (unpaired) electrons. The molecule has 2 aromatic rings. The summed E-state index contributed by atoms with van der Waals surface area (Å²) in [5, 5.41) is 9.36. The Hall–Kier alpha value is -3.11. The third kappa shape index (κ3) is 5.87. The first-order valence-electron chi connectivity index (χ1n) is 11.4. The Morgan fingerprint density at radius 2 is 1.91 bits per heavy atom. The van der Waals surface area contributed by atoms with Crippen LogP contribution in [0, 0.1) is 19.8 Å². The second-order valence-electron chi connectivity index (χ2n) is 9.03. The van der Waals surface area contributed by atoms with E-state index in [0.717, 1.165) is 6.54 Å². The van der Waals surface area contributed by atoms with Crippen LogP contribution in [0.25, 0.3) is 0 Å². The quantitative estimate of drug-likeness (QED) is 0.703. The van der Waals surface area contributed by atoms with Crippen molar-refractivity contribution in [2.24, 2.45) is 5.92 Å². The van der Waals surface area contributed by atoms with E-state index >= 15 is 0 Å². The molecule has 3 rings (SSSR count). The average molecular weight is 474 g/mol. The van der Waals surface area contributed by atoms with E-state index in [1.807, 2.05) is 0 Å². The monoisotopic (exact) mass is 473 g/mol. The molecule has 0 saturated carbocycles. The number of rotatable bonds is 3. The van der Waals surface area contributed by atoms with Crippen molar-refractivity contribution in [1.82, 2.24) is 15.0 Å². The summed E-state index contributed by atoms with van der Waals surface area (Å²) in [4.78, 5) is 29.7. The van der Waals surface area contributed by atoms with E-state index in [-0.39, 0.29) is 24.0 Å². The normalized spacial score (nSPS) is 22.3. The standard InChI is InChI=1S/C24H35N5O5/c1-14-11-28(5)15(2)13-33-20-10-18(25-24(31)26-22-16(3)27-34-17(22)4)8-9-19(20)23(30)29(6)12-21(14)32-7/h8-10,14-15,21H,11-13H2,1-7H3,(H2,25,26,31)/t14-,15+,21-/m1/s1. The number of ether oxygens (including phenoxy) is 2. The van der Waals surface area contributed by atoms with Gasteiger partial charge in [0, 0.05) is 45.0 Å². The Labute approximate surface area is 200 Å². The number of aromatic nitrogens is 1. The number of fused-ring (bicyclic) bond motifs is 1. The van der Waals surface area contributed by atoms with Crippen LogP contribution in [0.3, 0.4) is 0 Å². The summed E-state index contributed by atoms with van der Waals surface area (Å²) < 4.78 is 16.9. The van der Waals surface area contributed by atoms with E-state index in [1.54, 1.807) is 51.1 Å². The molecule has 1 aliphatic rings. The number of benzene rings is 1. The lowest BCUT2D eigenvalue weighted by molar-refractivity contribution is 0.0150. The van der Waals surface area contributed by atoms with Crippen molar-refractivity contribution < 1.29 is 23.6 Å². The molecule has 1 aromatic heterocycles. The molecular formula is C24H35N5O5. The average Bonchev–Trinajstić information content (AvgIpc) is 3.11. The molecule has 0 saturated heterocycles. The van der Waals surface area contributed by atoms with E-state index in [2.05, 4.69) is 41.6 Å². The van der Waals surface area contributed by atoms with Crippen molar-refractivity contribution in [2.75, 3.05) is 51.5 Å². The summed E-state index contributed by atoms with van der Waals surface area (Å²) in [5.41, 5.74) is 2.03. The van der Waals surface area contributed by atoms with Gasteiger partial charge in [-0.2, -0.15) is 0 Å². The largest absolute Gasteiger partial charge is 0.491 e. The van der Waals surface area contributed by atoms with Gasteiger partial charge in [0.05, 0.1) is 11.7 Å². The van der Waals surface area contributed by atoms with Crippen molar-refractivity contribution >= 4 is 23.3 Å². The van der Waals surface area contributed by atoms with Crippen molar-refractivity contribution in [3.05, 3.63) is 35.2 Å². The Morgan fingerprint density at radius 3 is 2.56 bits per heavy atom. The number of hydrogen-bond donors (Lipinski definition) is 2. The maximum absolute atomic E-state index is 13.2. The number of amides is 3. The Kier molecular flexibility index (Phi) is 8.16.